The second kappa shape index (κ2) is 6.40. The van der Waals surface area contributed by atoms with E-state index in [0.717, 1.165) is 22.5 Å². The number of hydrogen-bond donors (Lipinski definition) is 1. The summed E-state index contributed by atoms with van der Waals surface area (Å²) in [4.78, 5) is 0. The number of rotatable bonds is 4. The van der Waals surface area contributed by atoms with Crippen LogP contribution in [0.5, 0.6) is 0 Å². The van der Waals surface area contributed by atoms with E-state index in [4.69, 9.17) is 5.73 Å². The summed E-state index contributed by atoms with van der Waals surface area (Å²) in [5, 5.41) is 4.45. The highest BCUT2D eigenvalue weighted by molar-refractivity contribution is 9.10. The van der Waals surface area contributed by atoms with Crippen molar-refractivity contribution < 1.29 is 0 Å². The summed E-state index contributed by atoms with van der Waals surface area (Å²) in [5.74, 6) is 1.62. The molecule has 19 heavy (non-hydrogen) atoms. The van der Waals surface area contributed by atoms with Gasteiger partial charge in [-0.25, -0.2) is 0 Å². The summed E-state index contributed by atoms with van der Waals surface area (Å²) in [7, 11) is 2.01. The molecule has 1 saturated carbocycles. The van der Waals surface area contributed by atoms with Crippen LogP contribution in [-0.4, -0.2) is 15.8 Å². The predicted molar refractivity (Wildman–Crippen MR) is 83.1 cm³/mol. The minimum Gasteiger partial charge on any atom is -0.327 e. The molecule has 1 atom stereocenters. The van der Waals surface area contributed by atoms with Crippen LogP contribution in [0.1, 0.15) is 50.4 Å². The Morgan fingerprint density at radius 3 is 2.47 bits per heavy atom. The predicted octanol–water partition coefficient (Wildman–Crippen LogP) is 3.58. The molecule has 108 valence electrons. The zero-order valence-electron chi connectivity index (χ0n) is 12.3. The summed E-state index contributed by atoms with van der Waals surface area (Å²) >= 11 is 3.64. The lowest BCUT2D eigenvalue weighted by Crippen LogP contribution is -2.35. The fraction of sp³-hybridized carbons (Fsp3) is 0.800. The van der Waals surface area contributed by atoms with Gasteiger partial charge in [-0.2, -0.15) is 5.10 Å². The molecule has 0 amide bonds. The smallest absolute Gasteiger partial charge is 0.0738 e. The standard InChI is InChI=1S/C15H26BrN3/c1-4-11-5-7-12(8-6-11)13(17)9-14-15(16)10(2)18-19(14)3/h11-13H,4-9,17H2,1-3H3. The van der Waals surface area contributed by atoms with Crippen LogP contribution in [0.25, 0.3) is 0 Å². The molecule has 0 aromatic carbocycles. The van der Waals surface area contributed by atoms with Crippen LogP contribution < -0.4 is 5.73 Å². The van der Waals surface area contributed by atoms with Gasteiger partial charge in [0.05, 0.1) is 15.9 Å². The van der Waals surface area contributed by atoms with E-state index >= 15 is 0 Å². The molecule has 1 aliphatic carbocycles. The van der Waals surface area contributed by atoms with E-state index in [1.54, 1.807) is 0 Å². The molecular weight excluding hydrogens is 302 g/mol. The summed E-state index contributed by atoms with van der Waals surface area (Å²) in [6.45, 7) is 4.34. The van der Waals surface area contributed by atoms with Gasteiger partial charge in [0.2, 0.25) is 0 Å². The van der Waals surface area contributed by atoms with Crippen molar-refractivity contribution in [3.8, 4) is 0 Å². The van der Waals surface area contributed by atoms with Crippen LogP contribution in [0.2, 0.25) is 0 Å². The molecule has 1 heterocycles. The fourth-order valence-corrected chi connectivity index (χ4v) is 3.81. The number of hydrogen-bond acceptors (Lipinski definition) is 2. The highest BCUT2D eigenvalue weighted by Crippen LogP contribution is 2.33. The lowest BCUT2D eigenvalue weighted by molar-refractivity contribution is 0.236. The van der Waals surface area contributed by atoms with Crippen molar-refractivity contribution in [2.75, 3.05) is 0 Å². The van der Waals surface area contributed by atoms with Crippen molar-refractivity contribution in [1.82, 2.24) is 9.78 Å². The Hall–Kier alpha value is -0.350. The first-order valence-electron chi connectivity index (χ1n) is 7.46. The highest BCUT2D eigenvalue weighted by atomic mass is 79.9. The molecule has 0 bridgehead atoms. The molecule has 0 spiro atoms. The first-order valence-corrected chi connectivity index (χ1v) is 8.25. The maximum Gasteiger partial charge on any atom is 0.0738 e. The van der Waals surface area contributed by atoms with E-state index in [1.165, 1.54) is 37.8 Å². The van der Waals surface area contributed by atoms with Gasteiger partial charge in [-0.05, 0) is 47.5 Å². The molecule has 2 rings (SSSR count). The number of aryl methyl sites for hydroxylation is 2. The zero-order chi connectivity index (χ0) is 14.0. The molecule has 4 heteroatoms. The third-order valence-electron chi connectivity index (χ3n) is 4.76. The maximum atomic E-state index is 6.45. The van der Waals surface area contributed by atoms with Gasteiger partial charge in [0, 0.05) is 19.5 Å². The van der Waals surface area contributed by atoms with Crippen LogP contribution in [0, 0.1) is 18.8 Å². The van der Waals surface area contributed by atoms with Crippen molar-refractivity contribution in [2.24, 2.45) is 24.6 Å². The Morgan fingerprint density at radius 2 is 2.00 bits per heavy atom. The normalized spacial score (nSPS) is 25.5. The van der Waals surface area contributed by atoms with Crippen molar-refractivity contribution in [3.05, 3.63) is 15.9 Å². The highest BCUT2D eigenvalue weighted by Gasteiger charge is 2.26. The first kappa shape index (κ1) is 15.0. The molecule has 0 radical (unpaired) electrons. The second-order valence-corrected chi connectivity index (χ2v) is 6.82. The van der Waals surface area contributed by atoms with Crippen molar-refractivity contribution in [2.45, 2.75) is 58.4 Å². The molecule has 0 aliphatic heterocycles. The minimum atomic E-state index is 0.268. The van der Waals surface area contributed by atoms with Crippen LogP contribution in [0.15, 0.2) is 4.47 Å². The largest absolute Gasteiger partial charge is 0.327 e. The van der Waals surface area contributed by atoms with Crippen LogP contribution >= 0.6 is 15.9 Å². The van der Waals surface area contributed by atoms with Gasteiger partial charge in [0.15, 0.2) is 0 Å². The molecule has 1 aliphatic rings. The maximum absolute atomic E-state index is 6.45. The molecule has 2 N–H and O–H groups in total. The summed E-state index contributed by atoms with van der Waals surface area (Å²) < 4.78 is 3.10. The van der Waals surface area contributed by atoms with Gasteiger partial charge in [0.25, 0.3) is 0 Å². The SMILES string of the molecule is CCC1CCC(C(N)Cc2c(Br)c(C)nn2C)CC1. The second-order valence-electron chi connectivity index (χ2n) is 6.03. The molecular formula is C15H26BrN3. The Kier molecular flexibility index (Phi) is 5.07. The van der Waals surface area contributed by atoms with Crippen LogP contribution in [0.4, 0.5) is 0 Å². The Balaban J connectivity index is 1.96. The van der Waals surface area contributed by atoms with Crippen molar-refractivity contribution in [1.29, 1.82) is 0 Å². The fourth-order valence-electron chi connectivity index (χ4n) is 3.32. The molecule has 3 nitrogen and oxygen atoms in total. The Labute approximate surface area is 125 Å². The average molecular weight is 328 g/mol. The van der Waals surface area contributed by atoms with E-state index in [2.05, 4.69) is 28.0 Å². The van der Waals surface area contributed by atoms with E-state index in [1.807, 2.05) is 18.7 Å². The van der Waals surface area contributed by atoms with E-state index in [0.29, 0.717) is 5.92 Å². The molecule has 1 aromatic rings. The van der Waals surface area contributed by atoms with Crippen LogP contribution in [0.3, 0.4) is 0 Å². The summed E-state index contributed by atoms with van der Waals surface area (Å²) in [6.07, 6.45) is 7.58. The van der Waals surface area contributed by atoms with Gasteiger partial charge in [-0.3, -0.25) is 4.68 Å². The van der Waals surface area contributed by atoms with Gasteiger partial charge >= 0.3 is 0 Å². The lowest BCUT2D eigenvalue weighted by Gasteiger charge is -2.31. The average Bonchev–Trinajstić information content (AvgIpc) is 2.65. The molecule has 1 fully saturated rings. The van der Waals surface area contributed by atoms with Crippen molar-refractivity contribution >= 4 is 15.9 Å². The van der Waals surface area contributed by atoms with E-state index in [9.17, 15) is 0 Å². The first-order chi connectivity index (χ1) is 9.02. The number of aromatic nitrogens is 2. The van der Waals surface area contributed by atoms with E-state index in [-0.39, 0.29) is 6.04 Å². The van der Waals surface area contributed by atoms with Gasteiger partial charge in [-0.15, -0.1) is 0 Å². The van der Waals surface area contributed by atoms with Gasteiger partial charge in [0.1, 0.15) is 0 Å². The minimum absolute atomic E-state index is 0.268. The monoisotopic (exact) mass is 327 g/mol. The quantitative estimate of drug-likeness (QED) is 0.918. The van der Waals surface area contributed by atoms with Crippen molar-refractivity contribution in [3.63, 3.8) is 0 Å². The van der Waals surface area contributed by atoms with Crippen LogP contribution in [-0.2, 0) is 13.5 Å². The summed E-state index contributed by atoms with van der Waals surface area (Å²) in [6, 6.07) is 0.268. The zero-order valence-corrected chi connectivity index (χ0v) is 13.9. The summed E-state index contributed by atoms with van der Waals surface area (Å²) in [5.41, 5.74) is 8.75. The number of halogens is 1. The Morgan fingerprint density at radius 1 is 1.37 bits per heavy atom. The molecule has 0 saturated heterocycles. The van der Waals surface area contributed by atoms with Gasteiger partial charge in [-0.1, -0.05) is 26.2 Å². The molecule has 1 unspecified atom stereocenters. The Bertz CT molecular complexity index is 419. The van der Waals surface area contributed by atoms with E-state index < -0.39 is 0 Å². The number of nitrogens with zero attached hydrogens (tertiary/aromatic N) is 2. The third-order valence-corrected chi connectivity index (χ3v) is 5.80. The van der Waals surface area contributed by atoms with Gasteiger partial charge < -0.3 is 5.73 Å². The number of nitrogens with two attached hydrogens (primary N) is 1. The topological polar surface area (TPSA) is 43.8 Å². The molecule has 1 aromatic heterocycles. The lowest BCUT2D eigenvalue weighted by atomic mass is 9.77. The third kappa shape index (κ3) is 3.40.